The lowest BCUT2D eigenvalue weighted by Crippen LogP contribution is -2.35. The second-order valence-corrected chi connectivity index (χ2v) is 3.79. The van der Waals surface area contributed by atoms with E-state index in [-0.39, 0.29) is 11.6 Å². The van der Waals surface area contributed by atoms with E-state index < -0.39 is 12.0 Å². The Morgan fingerprint density at radius 1 is 1.50 bits per heavy atom. The summed E-state index contributed by atoms with van der Waals surface area (Å²) in [5.41, 5.74) is 0.532. The second-order valence-electron chi connectivity index (χ2n) is 3.79. The number of hydrogen-bond acceptors (Lipinski definition) is 2. The summed E-state index contributed by atoms with van der Waals surface area (Å²) in [6.45, 7) is 1.78. The Bertz CT molecular complexity index is 491. The molecule has 3 N–H and O–H groups in total. The molecule has 1 unspecified atom stereocenters. The molecule has 0 aliphatic heterocycles. The number of rotatable bonds is 4. The summed E-state index contributed by atoms with van der Waals surface area (Å²) in [6, 6.07) is 5.44. The van der Waals surface area contributed by atoms with Crippen LogP contribution < -0.4 is 10.6 Å². The van der Waals surface area contributed by atoms with Gasteiger partial charge in [0.05, 0.1) is 5.56 Å². The van der Waals surface area contributed by atoms with Crippen molar-refractivity contribution in [3.63, 3.8) is 0 Å². The van der Waals surface area contributed by atoms with E-state index in [0.717, 1.165) is 0 Å². The molecule has 1 aromatic rings. The lowest BCUT2D eigenvalue weighted by molar-refractivity contribution is 0.0697. The molecule has 1 aromatic carbocycles. The largest absolute Gasteiger partial charge is 0.478 e. The number of nitrogens with one attached hydrogen (secondary N) is 2. The van der Waals surface area contributed by atoms with Gasteiger partial charge < -0.3 is 15.7 Å². The average molecular weight is 246 g/mol. The van der Waals surface area contributed by atoms with Gasteiger partial charge in [-0.15, -0.1) is 12.3 Å². The maximum atomic E-state index is 11.5. The molecule has 5 nitrogen and oxygen atoms in total. The van der Waals surface area contributed by atoms with Gasteiger partial charge in [0.2, 0.25) is 0 Å². The van der Waals surface area contributed by atoms with Crippen LogP contribution in [-0.2, 0) is 0 Å². The number of carbonyl (C=O) groups excluding carboxylic acids is 1. The minimum Gasteiger partial charge on any atom is -0.478 e. The van der Waals surface area contributed by atoms with Crippen molar-refractivity contribution in [3.8, 4) is 12.3 Å². The highest BCUT2D eigenvalue weighted by atomic mass is 16.4. The molecule has 0 aliphatic rings. The van der Waals surface area contributed by atoms with Crippen molar-refractivity contribution in [2.45, 2.75) is 19.4 Å². The van der Waals surface area contributed by atoms with Crippen LogP contribution >= 0.6 is 0 Å². The topological polar surface area (TPSA) is 78.4 Å². The van der Waals surface area contributed by atoms with E-state index in [9.17, 15) is 9.59 Å². The predicted octanol–water partition coefficient (Wildman–Crippen LogP) is 1.92. The number of amides is 2. The van der Waals surface area contributed by atoms with Crippen molar-refractivity contribution in [3.05, 3.63) is 29.8 Å². The molecule has 1 rings (SSSR count). The first-order chi connectivity index (χ1) is 8.52. The molecule has 94 valence electrons. The highest BCUT2D eigenvalue weighted by Gasteiger charge is 2.08. The van der Waals surface area contributed by atoms with E-state index in [1.807, 2.05) is 0 Å². The lowest BCUT2D eigenvalue weighted by Gasteiger charge is -2.12. The van der Waals surface area contributed by atoms with E-state index in [1.54, 1.807) is 19.1 Å². The van der Waals surface area contributed by atoms with Crippen molar-refractivity contribution in [1.29, 1.82) is 0 Å². The van der Waals surface area contributed by atoms with Crippen molar-refractivity contribution >= 4 is 17.7 Å². The Morgan fingerprint density at radius 3 is 2.83 bits per heavy atom. The molecule has 0 aliphatic carbocycles. The molecule has 2 amide bonds. The summed E-state index contributed by atoms with van der Waals surface area (Å²) in [7, 11) is 0. The smallest absolute Gasteiger partial charge is 0.335 e. The van der Waals surface area contributed by atoms with Crippen molar-refractivity contribution in [2.24, 2.45) is 0 Å². The third-order valence-corrected chi connectivity index (χ3v) is 2.17. The number of benzene rings is 1. The zero-order valence-corrected chi connectivity index (χ0v) is 9.93. The number of carbonyl (C=O) groups is 2. The highest BCUT2D eigenvalue weighted by molar-refractivity contribution is 5.93. The Balaban J connectivity index is 2.62. The van der Waals surface area contributed by atoms with Crippen LogP contribution in [0, 0.1) is 12.3 Å². The maximum Gasteiger partial charge on any atom is 0.335 e. The van der Waals surface area contributed by atoms with Crippen LogP contribution in [0.25, 0.3) is 0 Å². The molecular weight excluding hydrogens is 232 g/mol. The first-order valence-electron chi connectivity index (χ1n) is 5.37. The Labute approximate surface area is 105 Å². The molecule has 1 atom stereocenters. The minimum absolute atomic E-state index is 0.115. The van der Waals surface area contributed by atoms with Crippen LogP contribution in [0.15, 0.2) is 24.3 Å². The predicted molar refractivity (Wildman–Crippen MR) is 68.5 cm³/mol. The van der Waals surface area contributed by atoms with E-state index in [1.165, 1.54) is 12.1 Å². The van der Waals surface area contributed by atoms with Crippen LogP contribution in [-0.4, -0.2) is 23.1 Å². The molecule has 0 aromatic heterocycles. The van der Waals surface area contributed by atoms with Gasteiger partial charge in [-0.05, 0) is 25.1 Å². The molecular formula is C13H14N2O3. The Morgan fingerprint density at radius 2 is 2.22 bits per heavy atom. The average Bonchev–Trinajstić information content (AvgIpc) is 2.29. The Hall–Kier alpha value is -2.48. The van der Waals surface area contributed by atoms with Gasteiger partial charge in [-0.1, -0.05) is 6.07 Å². The van der Waals surface area contributed by atoms with Gasteiger partial charge in [0, 0.05) is 18.2 Å². The normalized spacial score (nSPS) is 11.1. The lowest BCUT2D eigenvalue weighted by atomic mass is 10.2. The molecule has 5 heteroatoms. The summed E-state index contributed by atoms with van der Waals surface area (Å²) in [5, 5.41) is 14.0. The number of urea groups is 1. The van der Waals surface area contributed by atoms with E-state index in [4.69, 9.17) is 11.5 Å². The third-order valence-electron chi connectivity index (χ3n) is 2.17. The maximum absolute atomic E-state index is 11.5. The van der Waals surface area contributed by atoms with Gasteiger partial charge in [0.25, 0.3) is 0 Å². The quantitative estimate of drug-likeness (QED) is 0.710. The van der Waals surface area contributed by atoms with Crippen LogP contribution in [0.3, 0.4) is 0 Å². The van der Waals surface area contributed by atoms with E-state index in [0.29, 0.717) is 12.1 Å². The molecule has 0 saturated heterocycles. The van der Waals surface area contributed by atoms with Crippen LogP contribution in [0.5, 0.6) is 0 Å². The zero-order valence-electron chi connectivity index (χ0n) is 9.93. The van der Waals surface area contributed by atoms with Crippen LogP contribution in [0.4, 0.5) is 10.5 Å². The van der Waals surface area contributed by atoms with Gasteiger partial charge in [-0.25, -0.2) is 9.59 Å². The van der Waals surface area contributed by atoms with Gasteiger partial charge >= 0.3 is 12.0 Å². The van der Waals surface area contributed by atoms with Crippen LogP contribution in [0.1, 0.15) is 23.7 Å². The minimum atomic E-state index is -1.04. The molecule has 0 fully saturated rings. The number of anilines is 1. The molecule has 18 heavy (non-hydrogen) atoms. The third kappa shape index (κ3) is 4.18. The first-order valence-corrected chi connectivity index (χ1v) is 5.37. The standard InChI is InChI=1S/C13H14N2O3/c1-3-5-9(2)14-13(18)15-11-7-4-6-10(8-11)12(16)17/h1,4,6-9H,5H2,2H3,(H,16,17)(H2,14,15,18). The second kappa shape index (κ2) is 6.30. The monoisotopic (exact) mass is 246 g/mol. The Kier molecular flexibility index (Phi) is 4.76. The fourth-order valence-corrected chi connectivity index (χ4v) is 1.35. The summed E-state index contributed by atoms with van der Waals surface area (Å²) in [5.74, 6) is 1.40. The fourth-order valence-electron chi connectivity index (χ4n) is 1.35. The van der Waals surface area contributed by atoms with Crippen molar-refractivity contribution < 1.29 is 14.7 Å². The molecule has 0 bridgehead atoms. The molecule has 0 saturated carbocycles. The fraction of sp³-hybridized carbons (Fsp3) is 0.231. The van der Waals surface area contributed by atoms with E-state index >= 15 is 0 Å². The van der Waals surface area contributed by atoms with E-state index in [2.05, 4.69) is 16.6 Å². The zero-order chi connectivity index (χ0) is 13.5. The number of hydrogen-bond donors (Lipinski definition) is 3. The molecule has 0 radical (unpaired) electrons. The SMILES string of the molecule is C#CCC(C)NC(=O)Nc1cccc(C(=O)O)c1. The highest BCUT2D eigenvalue weighted by Crippen LogP contribution is 2.10. The number of terminal acetylenes is 1. The number of carboxylic acids is 1. The van der Waals surface area contributed by atoms with Gasteiger partial charge in [0.15, 0.2) is 0 Å². The number of aromatic carboxylic acids is 1. The summed E-state index contributed by atoms with van der Waals surface area (Å²) < 4.78 is 0. The number of carboxylic acid groups (broad SMARTS) is 1. The first kappa shape index (κ1) is 13.6. The molecule has 0 spiro atoms. The summed E-state index contributed by atoms with van der Waals surface area (Å²) in [4.78, 5) is 22.3. The van der Waals surface area contributed by atoms with Crippen molar-refractivity contribution in [2.75, 3.05) is 5.32 Å². The van der Waals surface area contributed by atoms with Gasteiger partial charge in [-0.2, -0.15) is 0 Å². The van der Waals surface area contributed by atoms with Crippen LogP contribution in [0.2, 0.25) is 0 Å². The van der Waals surface area contributed by atoms with Gasteiger partial charge in [-0.3, -0.25) is 0 Å². The van der Waals surface area contributed by atoms with Crippen molar-refractivity contribution in [1.82, 2.24) is 5.32 Å². The summed E-state index contributed by atoms with van der Waals surface area (Å²) in [6.07, 6.45) is 5.56. The molecule has 0 heterocycles. The summed E-state index contributed by atoms with van der Waals surface area (Å²) >= 11 is 0. The van der Waals surface area contributed by atoms with Gasteiger partial charge in [0.1, 0.15) is 0 Å².